The SMILES string of the molecule is CCCCCCCCCCCCCCCCCC(=O)O.CCCCNCCCC. The van der Waals surface area contributed by atoms with Crippen LogP contribution in [0.25, 0.3) is 0 Å². The quantitative estimate of drug-likeness (QED) is 0.175. The van der Waals surface area contributed by atoms with E-state index < -0.39 is 5.97 Å². The Labute approximate surface area is 183 Å². The van der Waals surface area contributed by atoms with Crippen LogP contribution in [-0.4, -0.2) is 24.2 Å². The topological polar surface area (TPSA) is 49.3 Å². The fraction of sp³-hybridized carbons (Fsp3) is 0.962. The van der Waals surface area contributed by atoms with Crippen LogP contribution in [0.2, 0.25) is 0 Å². The minimum Gasteiger partial charge on any atom is -0.481 e. The molecule has 0 fully saturated rings. The van der Waals surface area contributed by atoms with Crippen LogP contribution in [0.1, 0.15) is 149 Å². The van der Waals surface area contributed by atoms with Gasteiger partial charge in [0.05, 0.1) is 0 Å². The summed E-state index contributed by atoms with van der Waals surface area (Å²) in [5.41, 5.74) is 0. The number of carboxylic acid groups (broad SMARTS) is 1. The molecule has 0 unspecified atom stereocenters. The van der Waals surface area contributed by atoms with Crippen molar-refractivity contribution in [2.75, 3.05) is 13.1 Å². The number of carboxylic acids is 1. The summed E-state index contributed by atoms with van der Waals surface area (Å²) in [5.74, 6) is -0.653. The van der Waals surface area contributed by atoms with Crippen LogP contribution >= 0.6 is 0 Å². The summed E-state index contributed by atoms with van der Waals surface area (Å²) >= 11 is 0. The summed E-state index contributed by atoms with van der Waals surface area (Å²) in [7, 11) is 0. The Hall–Kier alpha value is -0.570. The third-order valence-electron chi connectivity index (χ3n) is 5.41. The minimum atomic E-state index is -0.653. The highest BCUT2D eigenvalue weighted by Crippen LogP contribution is 2.13. The average molecular weight is 414 g/mol. The van der Waals surface area contributed by atoms with E-state index in [1.54, 1.807) is 0 Å². The van der Waals surface area contributed by atoms with Crippen molar-refractivity contribution in [2.45, 2.75) is 149 Å². The number of carbonyl (C=O) groups is 1. The molecule has 0 aromatic carbocycles. The smallest absolute Gasteiger partial charge is 0.303 e. The van der Waals surface area contributed by atoms with Gasteiger partial charge in [-0.2, -0.15) is 0 Å². The third kappa shape index (κ3) is 35.3. The summed E-state index contributed by atoms with van der Waals surface area (Å²) < 4.78 is 0. The van der Waals surface area contributed by atoms with Crippen molar-refractivity contribution in [2.24, 2.45) is 0 Å². The Bertz CT molecular complexity index is 288. The number of nitrogens with one attached hydrogen (secondary N) is 1. The Morgan fingerprint density at radius 3 is 1.14 bits per heavy atom. The van der Waals surface area contributed by atoms with Crippen LogP contribution < -0.4 is 5.32 Å². The van der Waals surface area contributed by atoms with E-state index in [0.717, 1.165) is 12.8 Å². The van der Waals surface area contributed by atoms with Crippen LogP contribution in [0, 0.1) is 0 Å². The maximum absolute atomic E-state index is 10.3. The number of rotatable bonds is 22. The minimum absolute atomic E-state index is 0.345. The molecule has 0 heterocycles. The highest BCUT2D eigenvalue weighted by molar-refractivity contribution is 5.66. The number of unbranched alkanes of at least 4 members (excludes halogenated alkanes) is 16. The standard InChI is InChI=1S/C18H36O2.C8H19N/c1-2-3-4-5-6-7-8-9-10-11-12-13-14-15-16-17-18(19)20;1-3-5-7-9-8-6-4-2/h2-17H2,1H3,(H,19,20);9H,3-8H2,1-2H3. The average Bonchev–Trinajstić information content (AvgIpc) is 2.71. The molecule has 0 aromatic rings. The van der Waals surface area contributed by atoms with Gasteiger partial charge in [-0.05, 0) is 32.4 Å². The van der Waals surface area contributed by atoms with Gasteiger partial charge >= 0.3 is 5.97 Å². The van der Waals surface area contributed by atoms with Gasteiger partial charge in [0.1, 0.15) is 0 Å². The van der Waals surface area contributed by atoms with Crippen LogP contribution in [0.4, 0.5) is 0 Å². The Balaban J connectivity index is 0. The Kier molecular flexibility index (Phi) is 31.3. The summed E-state index contributed by atoms with van der Waals surface area (Å²) in [4.78, 5) is 10.3. The molecule has 3 nitrogen and oxygen atoms in total. The van der Waals surface area contributed by atoms with E-state index in [1.807, 2.05) is 0 Å². The van der Waals surface area contributed by atoms with Crippen molar-refractivity contribution in [3.63, 3.8) is 0 Å². The van der Waals surface area contributed by atoms with Gasteiger partial charge in [0.25, 0.3) is 0 Å². The van der Waals surface area contributed by atoms with E-state index in [4.69, 9.17) is 5.11 Å². The van der Waals surface area contributed by atoms with Crippen molar-refractivity contribution < 1.29 is 9.90 Å². The fourth-order valence-electron chi connectivity index (χ4n) is 3.38. The highest BCUT2D eigenvalue weighted by Gasteiger charge is 1.97. The Morgan fingerprint density at radius 2 is 0.828 bits per heavy atom. The lowest BCUT2D eigenvalue weighted by Gasteiger charge is -2.03. The third-order valence-corrected chi connectivity index (χ3v) is 5.41. The lowest BCUT2D eigenvalue weighted by molar-refractivity contribution is -0.137. The molecule has 3 heteroatoms. The first kappa shape index (κ1) is 30.6. The molecular weight excluding hydrogens is 358 g/mol. The van der Waals surface area contributed by atoms with Crippen LogP contribution in [0.5, 0.6) is 0 Å². The number of hydrogen-bond acceptors (Lipinski definition) is 2. The van der Waals surface area contributed by atoms with Crippen molar-refractivity contribution in [3.8, 4) is 0 Å². The molecule has 0 atom stereocenters. The summed E-state index contributed by atoms with van der Waals surface area (Å²) in [5, 5.41) is 11.9. The van der Waals surface area contributed by atoms with Crippen LogP contribution in [-0.2, 0) is 4.79 Å². The summed E-state index contributed by atoms with van der Waals surface area (Å²) in [6, 6.07) is 0. The molecule has 0 aromatic heterocycles. The van der Waals surface area contributed by atoms with E-state index in [2.05, 4.69) is 26.1 Å². The lowest BCUT2D eigenvalue weighted by atomic mass is 10.0. The van der Waals surface area contributed by atoms with Crippen LogP contribution in [0.15, 0.2) is 0 Å². The van der Waals surface area contributed by atoms with Gasteiger partial charge in [0.15, 0.2) is 0 Å². The normalized spacial score (nSPS) is 10.6. The van der Waals surface area contributed by atoms with E-state index in [1.165, 1.54) is 122 Å². The van der Waals surface area contributed by atoms with Gasteiger partial charge in [-0.3, -0.25) is 4.79 Å². The largest absolute Gasteiger partial charge is 0.481 e. The molecule has 176 valence electrons. The molecule has 0 aliphatic heterocycles. The molecule has 0 radical (unpaired) electrons. The second kappa shape index (κ2) is 29.6. The molecule has 29 heavy (non-hydrogen) atoms. The lowest BCUT2D eigenvalue weighted by Crippen LogP contribution is -2.15. The second-order valence-electron chi connectivity index (χ2n) is 8.55. The first-order valence-electron chi connectivity index (χ1n) is 13.1. The maximum Gasteiger partial charge on any atom is 0.303 e. The van der Waals surface area contributed by atoms with E-state index in [9.17, 15) is 4.79 Å². The first-order chi connectivity index (χ1) is 14.2. The van der Waals surface area contributed by atoms with Gasteiger partial charge in [-0.15, -0.1) is 0 Å². The second-order valence-corrected chi connectivity index (χ2v) is 8.55. The fourth-order valence-corrected chi connectivity index (χ4v) is 3.38. The van der Waals surface area contributed by atoms with Crippen molar-refractivity contribution in [1.29, 1.82) is 0 Å². The van der Waals surface area contributed by atoms with Crippen molar-refractivity contribution >= 4 is 5.97 Å². The van der Waals surface area contributed by atoms with Gasteiger partial charge in [0.2, 0.25) is 0 Å². The monoisotopic (exact) mass is 413 g/mol. The van der Waals surface area contributed by atoms with Crippen molar-refractivity contribution in [3.05, 3.63) is 0 Å². The molecule has 2 N–H and O–H groups in total. The van der Waals surface area contributed by atoms with E-state index >= 15 is 0 Å². The molecule has 0 amide bonds. The molecular formula is C26H55NO2. The first-order valence-corrected chi connectivity index (χ1v) is 13.1. The molecule has 0 aliphatic carbocycles. The van der Waals surface area contributed by atoms with Gasteiger partial charge in [-0.25, -0.2) is 0 Å². The zero-order valence-corrected chi connectivity index (χ0v) is 20.4. The molecule has 0 bridgehead atoms. The zero-order chi connectivity index (χ0) is 21.8. The molecule has 0 spiro atoms. The summed E-state index contributed by atoms with van der Waals surface area (Å²) in [6.07, 6.45) is 25.5. The highest BCUT2D eigenvalue weighted by atomic mass is 16.4. The van der Waals surface area contributed by atoms with Gasteiger partial charge in [-0.1, -0.05) is 124 Å². The Morgan fingerprint density at radius 1 is 0.517 bits per heavy atom. The predicted octanol–water partition coefficient (Wildman–Crippen LogP) is 8.51. The van der Waals surface area contributed by atoms with Gasteiger partial charge in [0, 0.05) is 6.42 Å². The van der Waals surface area contributed by atoms with E-state index in [-0.39, 0.29) is 0 Å². The number of hydrogen-bond donors (Lipinski definition) is 2. The summed E-state index contributed by atoms with van der Waals surface area (Å²) in [6.45, 7) is 9.13. The van der Waals surface area contributed by atoms with E-state index in [0.29, 0.717) is 6.42 Å². The van der Waals surface area contributed by atoms with Crippen LogP contribution in [0.3, 0.4) is 0 Å². The molecule has 0 aliphatic rings. The predicted molar refractivity (Wildman–Crippen MR) is 130 cm³/mol. The zero-order valence-electron chi connectivity index (χ0n) is 20.4. The van der Waals surface area contributed by atoms with Crippen molar-refractivity contribution in [1.82, 2.24) is 5.32 Å². The van der Waals surface area contributed by atoms with Gasteiger partial charge < -0.3 is 10.4 Å². The number of aliphatic carboxylic acids is 1. The molecule has 0 rings (SSSR count). The molecule has 0 saturated carbocycles. The molecule has 0 saturated heterocycles. The maximum atomic E-state index is 10.3.